The van der Waals surface area contributed by atoms with E-state index in [0.717, 1.165) is 21.5 Å². The Kier molecular flexibility index (Phi) is 5.30. The third-order valence-corrected chi connectivity index (χ3v) is 5.37. The van der Waals surface area contributed by atoms with Crippen molar-refractivity contribution in [2.45, 2.75) is 32.7 Å². The third-order valence-electron chi connectivity index (χ3n) is 3.55. The van der Waals surface area contributed by atoms with Crippen LogP contribution in [0.15, 0.2) is 15.8 Å². The lowest BCUT2D eigenvalue weighted by atomic mass is 10.3. The van der Waals surface area contributed by atoms with Gasteiger partial charge in [0.05, 0.1) is 17.5 Å². The molecule has 0 N–H and O–H groups in total. The number of alkyl halides is 1. The second-order valence-electron chi connectivity index (χ2n) is 5.25. The lowest BCUT2D eigenvalue weighted by Crippen LogP contribution is -2.38. The number of nitrogens with zero attached hydrogens (tertiary/aromatic N) is 4. The predicted octanol–water partition coefficient (Wildman–Crippen LogP) is 0.504. The molecule has 0 atom stereocenters. The Balaban J connectivity index is 2.69. The molecule has 0 fully saturated rings. The molecular formula is C13H19ClN4O4S. The van der Waals surface area contributed by atoms with E-state index in [1.165, 1.54) is 17.8 Å². The van der Waals surface area contributed by atoms with E-state index >= 15 is 0 Å². The second-order valence-corrected chi connectivity index (χ2v) is 7.57. The molecule has 8 nitrogen and oxygen atoms in total. The van der Waals surface area contributed by atoms with Crippen LogP contribution < -0.4 is 11.2 Å². The zero-order valence-electron chi connectivity index (χ0n) is 13.0. The van der Waals surface area contributed by atoms with Crippen LogP contribution in [0.5, 0.6) is 0 Å². The van der Waals surface area contributed by atoms with Crippen LogP contribution in [0.4, 0.5) is 0 Å². The van der Waals surface area contributed by atoms with Gasteiger partial charge < -0.3 is 0 Å². The maximum Gasteiger partial charge on any atom is 0.331 e. The number of rotatable bonds is 7. The number of aryl methyl sites for hydroxylation is 1. The van der Waals surface area contributed by atoms with Crippen molar-refractivity contribution >= 4 is 32.7 Å². The summed E-state index contributed by atoms with van der Waals surface area (Å²) >= 11 is 5.53. The molecule has 0 saturated heterocycles. The van der Waals surface area contributed by atoms with Gasteiger partial charge in [0, 0.05) is 19.5 Å². The average molecular weight is 363 g/mol. The topological polar surface area (TPSA) is 96.0 Å². The van der Waals surface area contributed by atoms with Crippen LogP contribution in [0.2, 0.25) is 0 Å². The van der Waals surface area contributed by atoms with Gasteiger partial charge in [-0.05, 0) is 12.8 Å². The number of halogens is 1. The first kappa shape index (κ1) is 17.7. The van der Waals surface area contributed by atoms with Gasteiger partial charge in [0.15, 0.2) is 5.52 Å². The third kappa shape index (κ3) is 3.35. The highest BCUT2D eigenvalue weighted by atomic mass is 35.5. The van der Waals surface area contributed by atoms with Crippen molar-refractivity contribution in [2.75, 3.05) is 11.6 Å². The van der Waals surface area contributed by atoms with Crippen molar-refractivity contribution in [1.82, 2.24) is 18.3 Å². The Hall–Kier alpha value is -1.61. The van der Waals surface area contributed by atoms with Crippen molar-refractivity contribution in [3.63, 3.8) is 0 Å². The smallest absolute Gasteiger partial charge is 0.290 e. The molecule has 23 heavy (non-hydrogen) atoms. The van der Waals surface area contributed by atoms with Gasteiger partial charge >= 0.3 is 5.69 Å². The lowest BCUT2D eigenvalue weighted by Gasteiger charge is -2.07. The molecule has 0 aliphatic carbocycles. The molecular weight excluding hydrogens is 344 g/mol. The molecule has 0 unspecified atom stereocenters. The highest BCUT2D eigenvalue weighted by Gasteiger charge is 2.20. The summed E-state index contributed by atoms with van der Waals surface area (Å²) in [5.74, 6) is 0.0347. The fourth-order valence-electron chi connectivity index (χ4n) is 2.23. The van der Waals surface area contributed by atoms with Gasteiger partial charge in [-0.3, -0.25) is 13.9 Å². The van der Waals surface area contributed by atoms with Gasteiger partial charge in [0.2, 0.25) is 0 Å². The van der Waals surface area contributed by atoms with Crippen molar-refractivity contribution in [1.29, 1.82) is 0 Å². The van der Waals surface area contributed by atoms with E-state index < -0.39 is 21.3 Å². The maximum absolute atomic E-state index is 12.3. The van der Waals surface area contributed by atoms with E-state index in [4.69, 9.17) is 11.6 Å². The summed E-state index contributed by atoms with van der Waals surface area (Å²) < 4.78 is 27.5. The summed E-state index contributed by atoms with van der Waals surface area (Å²) in [4.78, 5) is 24.4. The molecule has 0 amide bonds. The summed E-state index contributed by atoms with van der Waals surface area (Å²) in [6, 6.07) is 0. The Morgan fingerprint density at radius 2 is 1.96 bits per heavy atom. The summed E-state index contributed by atoms with van der Waals surface area (Å²) in [7, 11) is -2.35. The van der Waals surface area contributed by atoms with Crippen molar-refractivity contribution in [3.8, 4) is 0 Å². The monoisotopic (exact) mass is 362 g/mol. The number of unbranched alkanes of at least 4 members (excludes halogenated alkanes) is 1. The van der Waals surface area contributed by atoms with E-state index in [-0.39, 0.29) is 29.1 Å². The zero-order chi connectivity index (χ0) is 17.2. The van der Waals surface area contributed by atoms with Crippen molar-refractivity contribution in [2.24, 2.45) is 7.05 Å². The second kappa shape index (κ2) is 6.88. The minimum Gasteiger partial charge on any atom is -0.290 e. The normalized spacial score (nSPS) is 12.1. The zero-order valence-corrected chi connectivity index (χ0v) is 14.6. The van der Waals surface area contributed by atoms with Crippen LogP contribution in [-0.2, 0) is 23.6 Å². The highest BCUT2D eigenvalue weighted by molar-refractivity contribution is 7.89. The van der Waals surface area contributed by atoms with E-state index in [2.05, 4.69) is 5.10 Å². The maximum atomic E-state index is 12.3. The molecule has 0 aromatic carbocycles. The van der Waals surface area contributed by atoms with Crippen molar-refractivity contribution in [3.05, 3.63) is 27.0 Å². The standard InChI is InChI=1S/C13H19ClN4O4S/c1-3-4-7-17-10-9-18(23(21,22)8-5-6-14)15-11(10)12(19)16(2)13(17)20/h9H,3-8H2,1-2H3. The molecule has 2 rings (SSSR count). The number of aromatic nitrogens is 4. The van der Waals surface area contributed by atoms with Crippen LogP contribution in [0, 0.1) is 0 Å². The van der Waals surface area contributed by atoms with Gasteiger partial charge in [-0.1, -0.05) is 13.3 Å². The Morgan fingerprint density at radius 3 is 2.57 bits per heavy atom. The fraction of sp³-hybridized carbons (Fsp3) is 0.615. The van der Waals surface area contributed by atoms with Crippen molar-refractivity contribution < 1.29 is 8.42 Å². The van der Waals surface area contributed by atoms with E-state index in [1.54, 1.807) is 0 Å². The summed E-state index contributed by atoms with van der Waals surface area (Å²) in [5.41, 5.74) is -0.878. The van der Waals surface area contributed by atoms with Gasteiger partial charge in [0.1, 0.15) is 0 Å². The highest BCUT2D eigenvalue weighted by Crippen LogP contribution is 2.10. The quantitative estimate of drug-likeness (QED) is 0.668. The summed E-state index contributed by atoms with van der Waals surface area (Å²) in [5, 5.41) is 3.90. The van der Waals surface area contributed by atoms with Crippen LogP contribution in [0.25, 0.3) is 11.0 Å². The summed E-state index contributed by atoms with van der Waals surface area (Å²) in [6.07, 6.45) is 3.11. The fourth-order valence-corrected chi connectivity index (χ4v) is 3.68. The van der Waals surface area contributed by atoms with E-state index in [9.17, 15) is 18.0 Å². The van der Waals surface area contributed by atoms with Crippen LogP contribution in [-0.4, -0.2) is 38.4 Å². The molecule has 0 saturated carbocycles. The van der Waals surface area contributed by atoms with Gasteiger partial charge in [-0.15, -0.1) is 11.6 Å². The van der Waals surface area contributed by atoms with E-state index in [0.29, 0.717) is 6.54 Å². The number of hydrogen-bond acceptors (Lipinski definition) is 5. The number of hydrogen-bond donors (Lipinski definition) is 0. The first-order valence-corrected chi connectivity index (χ1v) is 9.46. The minimum atomic E-state index is -3.71. The van der Waals surface area contributed by atoms with E-state index in [1.807, 2.05) is 6.92 Å². The largest absolute Gasteiger partial charge is 0.331 e. The molecule has 0 aliphatic heterocycles. The molecule has 2 aromatic rings. The predicted molar refractivity (Wildman–Crippen MR) is 88.7 cm³/mol. The lowest BCUT2D eigenvalue weighted by molar-refractivity contribution is 0.579. The molecule has 0 aliphatic rings. The number of fused-ring (bicyclic) bond motifs is 1. The van der Waals surface area contributed by atoms with Crippen LogP contribution >= 0.6 is 11.6 Å². The molecule has 2 aromatic heterocycles. The van der Waals surface area contributed by atoms with Gasteiger partial charge in [-0.25, -0.2) is 13.2 Å². The first-order valence-electron chi connectivity index (χ1n) is 7.32. The summed E-state index contributed by atoms with van der Waals surface area (Å²) in [6.45, 7) is 2.37. The Labute approximate surface area is 138 Å². The first-order chi connectivity index (χ1) is 10.8. The SMILES string of the molecule is CCCCn1c(=O)n(C)c(=O)c2nn(S(=O)(=O)CCCCl)cc21. The Bertz CT molecular complexity index is 926. The average Bonchev–Trinajstić information content (AvgIpc) is 2.97. The molecule has 0 bridgehead atoms. The molecule has 0 radical (unpaired) electrons. The minimum absolute atomic E-state index is 0.0300. The van der Waals surface area contributed by atoms with Crippen LogP contribution in [0.3, 0.4) is 0 Å². The molecule has 0 spiro atoms. The Morgan fingerprint density at radius 1 is 1.26 bits per heavy atom. The molecule has 10 heteroatoms. The molecule has 2 heterocycles. The van der Waals surface area contributed by atoms with Gasteiger partial charge in [0.25, 0.3) is 15.6 Å². The van der Waals surface area contributed by atoms with Crippen LogP contribution in [0.1, 0.15) is 26.2 Å². The van der Waals surface area contributed by atoms with Gasteiger partial charge in [-0.2, -0.15) is 9.19 Å². The molecule has 128 valence electrons.